The van der Waals surface area contributed by atoms with Gasteiger partial charge in [-0.25, -0.2) is 0 Å². The summed E-state index contributed by atoms with van der Waals surface area (Å²) in [6, 6.07) is 2.99. The molecule has 2 heterocycles. The lowest BCUT2D eigenvalue weighted by atomic mass is 9.96. The van der Waals surface area contributed by atoms with Crippen LogP contribution in [0.4, 0.5) is 0 Å². The van der Waals surface area contributed by atoms with Crippen LogP contribution in [-0.2, 0) is 6.54 Å². The molecular formula is C16H25N3. The Morgan fingerprint density at radius 2 is 2.16 bits per heavy atom. The molecule has 1 aromatic rings. The fraction of sp³-hybridized carbons (Fsp3) is 0.688. The molecule has 1 saturated carbocycles. The summed E-state index contributed by atoms with van der Waals surface area (Å²) in [5.74, 6) is 0.918. The zero-order chi connectivity index (χ0) is 13.5. The van der Waals surface area contributed by atoms with Crippen molar-refractivity contribution in [2.45, 2.75) is 51.7 Å². The van der Waals surface area contributed by atoms with Crippen LogP contribution in [0.3, 0.4) is 0 Å². The average molecular weight is 259 g/mol. The first-order chi connectivity index (χ1) is 9.03. The number of hydrogen-bond acceptors (Lipinski definition) is 3. The molecule has 2 fully saturated rings. The summed E-state index contributed by atoms with van der Waals surface area (Å²) < 4.78 is 0. The minimum absolute atomic E-state index is 0.225. The number of aryl methyl sites for hydroxylation is 1. The van der Waals surface area contributed by atoms with E-state index < -0.39 is 0 Å². The maximum atomic E-state index is 4.33. The molecule has 0 aromatic carbocycles. The van der Waals surface area contributed by atoms with Crippen molar-refractivity contribution in [3.8, 4) is 0 Å². The Hall–Kier alpha value is -0.930. The lowest BCUT2D eigenvalue weighted by Crippen LogP contribution is -2.61. The Bertz CT molecular complexity index is 451. The maximum Gasteiger partial charge on any atom is 0.0313 e. The molecule has 1 aliphatic heterocycles. The lowest BCUT2D eigenvalue weighted by Gasteiger charge is -2.45. The van der Waals surface area contributed by atoms with Crippen LogP contribution in [0.1, 0.15) is 37.8 Å². The first-order valence-electron chi connectivity index (χ1n) is 7.43. The number of rotatable bonds is 3. The van der Waals surface area contributed by atoms with Crippen LogP contribution in [0.5, 0.6) is 0 Å². The van der Waals surface area contributed by atoms with Gasteiger partial charge in [-0.2, -0.15) is 0 Å². The Kier molecular flexibility index (Phi) is 3.35. The lowest BCUT2D eigenvalue weighted by molar-refractivity contribution is 0.0758. The molecule has 1 aliphatic carbocycles. The highest BCUT2D eigenvalue weighted by Gasteiger charge is 2.40. The maximum absolute atomic E-state index is 4.33. The van der Waals surface area contributed by atoms with E-state index in [9.17, 15) is 0 Å². The molecule has 0 amide bonds. The van der Waals surface area contributed by atoms with E-state index in [1.54, 1.807) is 0 Å². The summed E-state index contributed by atoms with van der Waals surface area (Å²) in [4.78, 5) is 7.00. The third kappa shape index (κ3) is 3.15. The van der Waals surface area contributed by atoms with Crippen molar-refractivity contribution in [1.29, 1.82) is 0 Å². The fourth-order valence-electron chi connectivity index (χ4n) is 3.25. The van der Waals surface area contributed by atoms with Crippen molar-refractivity contribution in [3.05, 3.63) is 29.6 Å². The van der Waals surface area contributed by atoms with Gasteiger partial charge in [-0.15, -0.1) is 0 Å². The molecule has 1 saturated heterocycles. The molecule has 3 nitrogen and oxygen atoms in total. The van der Waals surface area contributed by atoms with Gasteiger partial charge in [0.05, 0.1) is 0 Å². The van der Waals surface area contributed by atoms with Crippen LogP contribution in [0, 0.1) is 12.8 Å². The fourth-order valence-corrected chi connectivity index (χ4v) is 3.25. The zero-order valence-electron chi connectivity index (χ0n) is 12.3. The van der Waals surface area contributed by atoms with E-state index in [1.165, 1.54) is 24.0 Å². The van der Waals surface area contributed by atoms with E-state index in [2.05, 4.69) is 42.0 Å². The first kappa shape index (κ1) is 13.1. The molecule has 1 aromatic heterocycles. The zero-order valence-corrected chi connectivity index (χ0v) is 12.3. The largest absolute Gasteiger partial charge is 0.309 e. The van der Waals surface area contributed by atoms with Gasteiger partial charge >= 0.3 is 0 Å². The van der Waals surface area contributed by atoms with Crippen molar-refractivity contribution in [2.75, 3.05) is 13.1 Å². The number of aromatic nitrogens is 1. The van der Waals surface area contributed by atoms with Crippen molar-refractivity contribution in [2.24, 2.45) is 5.92 Å². The normalized spacial score (nSPS) is 27.4. The highest BCUT2D eigenvalue weighted by Crippen LogP contribution is 2.37. The van der Waals surface area contributed by atoms with Crippen LogP contribution in [-0.4, -0.2) is 34.6 Å². The molecule has 104 valence electrons. The summed E-state index contributed by atoms with van der Waals surface area (Å²) in [7, 11) is 0. The molecule has 1 unspecified atom stereocenters. The molecule has 0 radical (unpaired) electrons. The van der Waals surface area contributed by atoms with Gasteiger partial charge in [0.25, 0.3) is 0 Å². The van der Waals surface area contributed by atoms with Gasteiger partial charge in [-0.3, -0.25) is 9.88 Å². The smallest absolute Gasteiger partial charge is 0.0313 e. The summed E-state index contributed by atoms with van der Waals surface area (Å²) in [6.07, 6.45) is 6.78. The van der Waals surface area contributed by atoms with Gasteiger partial charge in [0.15, 0.2) is 0 Å². The van der Waals surface area contributed by atoms with Gasteiger partial charge in [-0.1, -0.05) is 6.07 Å². The summed E-state index contributed by atoms with van der Waals surface area (Å²) in [6.45, 7) is 10.0. The second-order valence-electron chi connectivity index (χ2n) is 6.95. The van der Waals surface area contributed by atoms with E-state index in [-0.39, 0.29) is 5.54 Å². The third-order valence-electron chi connectivity index (χ3n) is 4.34. The van der Waals surface area contributed by atoms with E-state index in [0.29, 0.717) is 6.04 Å². The van der Waals surface area contributed by atoms with Crippen molar-refractivity contribution >= 4 is 0 Å². The molecule has 3 heteroatoms. The molecule has 1 atom stereocenters. The Morgan fingerprint density at radius 3 is 2.84 bits per heavy atom. The van der Waals surface area contributed by atoms with Gasteiger partial charge in [0.1, 0.15) is 0 Å². The molecule has 1 N–H and O–H groups in total. The molecule has 3 rings (SSSR count). The highest BCUT2D eigenvalue weighted by atomic mass is 15.3. The minimum atomic E-state index is 0.225. The summed E-state index contributed by atoms with van der Waals surface area (Å²) in [5, 5.41) is 3.70. The van der Waals surface area contributed by atoms with Crippen molar-refractivity contribution < 1.29 is 0 Å². The standard InChI is InChI=1S/C16H25N3/c1-12-6-13(8-17-7-12)10-19-11-16(2,3)18-9-15(19)14-4-5-14/h6-8,14-15,18H,4-5,9-11H2,1-3H3. The van der Waals surface area contributed by atoms with E-state index >= 15 is 0 Å². The third-order valence-corrected chi connectivity index (χ3v) is 4.34. The number of piperazine rings is 1. The monoisotopic (exact) mass is 259 g/mol. The summed E-state index contributed by atoms with van der Waals surface area (Å²) >= 11 is 0. The van der Waals surface area contributed by atoms with E-state index in [1.807, 2.05) is 12.4 Å². The highest BCUT2D eigenvalue weighted by molar-refractivity contribution is 5.17. The quantitative estimate of drug-likeness (QED) is 0.903. The van der Waals surface area contributed by atoms with Crippen molar-refractivity contribution in [1.82, 2.24) is 15.2 Å². The van der Waals surface area contributed by atoms with Gasteiger partial charge in [0, 0.05) is 43.6 Å². The van der Waals surface area contributed by atoms with Crippen molar-refractivity contribution in [3.63, 3.8) is 0 Å². The Balaban J connectivity index is 1.75. The second kappa shape index (κ2) is 4.88. The first-order valence-corrected chi connectivity index (χ1v) is 7.43. The topological polar surface area (TPSA) is 28.2 Å². The predicted molar refractivity (Wildman–Crippen MR) is 78.0 cm³/mol. The van der Waals surface area contributed by atoms with Gasteiger partial charge in [-0.05, 0) is 50.7 Å². The van der Waals surface area contributed by atoms with E-state index in [0.717, 1.165) is 25.6 Å². The molecule has 0 bridgehead atoms. The van der Waals surface area contributed by atoms with Gasteiger partial charge in [0.2, 0.25) is 0 Å². The van der Waals surface area contributed by atoms with Crippen LogP contribution in [0.25, 0.3) is 0 Å². The average Bonchev–Trinajstić information content (AvgIpc) is 3.12. The summed E-state index contributed by atoms with van der Waals surface area (Å²) in [5.41, 5.74) is 2.83. The van der Waals surface area contributed by atoms with Gasteiger partial charge < -0.3 is 5.32 Å². The minimum Gasteiger partial charge on any atom is -0.309 e. The Labute approximate surface area is 116 Å². The van der Waals surface area contributed by atoms with Crippen LogP contribution in [0.2, 0.25) is 0 Å². The molecular weight excluding hydrogens is 234 g/mol. The second-order valence-corrected chi connectivity index (χ2v) is 6.95. The predicted octanol–water partition coefficient (Wildman–Crippen LogP) is 2.35. The van der Waals surface area contributed by atoms with E-state index in [4.69, 9.17) is 0 Å². The molecule has 2 aliphatic rings. The number of hydrogen-bond donors (Lipinski definition) is 1. The molecule has 19 heavy (non-hydrogen) atoms. The van der Waals surface area contributed by atoms with Crippen LogP contribution < -0.4 is 5.32 Å². The molecule has 0 spiro atoms. The number of nitrogens with one attached hydrogen (secondary N) is 1. The van der Waals surface area contributed by atoms with Crippen LogP contribution >= 0.6 is 0 Å². The SMILES string of the molecule is Cc1cncc(CN2CC(C)(C)NCC2C2CC2)c1. The van der Waals surface area contributed by atoms with Crippen LogP contribution in [0.15, 0.2) is 18.5 Å². The number of pyridine rings is 1. The Morgan fingerprint density at radius 1 is 1.37 bits per heavy atom. The number of nitrogens with zero attached hydrogens (tertiary/aromatic N) is 2.